The number of hydrogen-bond acceptors (Lipinski definition) is 5. The molecule has 1 aliphatic heterocycles. The van der Waals surface area contributed by atoms with Gasteiger partial charge in [-0.25, -0.2) is 0 Å². The average molecular weight is 453 g/mol. The number of nitrogens with one attached hydrogen (secondary N) is 2. The Morgan fingerprint density at radius 2 is 1.65 bits per heavy atom. The third-order valence-corrected chi connectivity index (χ3v) is 6.56. The first kappa shape index (κ1) is 22.0. The van der Waals surface area contributed by atoms with E-state index in [-0.39, 0.29) is 23.0 Å². The number of allylic oxidation sites excluding steroid dienone is 1. The summed E-state index contributed by atoms with van der Waals surface area (Å²) >= 11 is 0. The second kappa shape index (κ2) is 8.49. The average Bonchev–Trinajstić information content (AvgIpc) is 2.99. The topological polar surface area (TPSA) is 67.4 Å². The molecule has 34 heavy (non-hydrogen) atoms. The van der Waals surface area contributed by atoms with Crippen LogP contribution in [0.5, 0.6) is 5.75 Å². The molecule has 3 aromatic carbocycles. The first-order valence-corrected chi connectivity index (χ1v) is 11.5. The molecule has 3 aromatic rings. The van der Waals surface area contributed by atoms with Crippen molar-refractivity contribution >= 4 is 22.9 Å². The van der Waals surface area contributed by atoms with Gasteiger partial charge in [0, 0.05) is 28.8 Å². The third-order valence-electron chi connectivity index (χ3n) is 6.56. The van der Waals surface area contributed by atoms with Gasteiger partial charge in [-0.05, 0) is 47.7 Å². The Kier molecular flexibility index (Phi) is 5.48. The number of ether oxygens (including phenoxy) is 1. The molecule has 172 valence electrons. The maximum absolute atomic E-state index is 13.4. The zero-order chi connectivity index (χ0) is 23.9. The zero-order valence-electron chi connectivity index (χ0n) is 19.6. The van der Waals surface area contributed by atoms with Crippen molar-refractivity contribution < 1.29 is 14.3 Å². The van der Waals surface area contributed by atoms with Crippen LogP contribution in [-0.2, 0) is 4.79 Å². The number of carbonyl (C=O) groups is 2. The minimum Gasteiger partial charge on any atom is -0.497 e. The molecule has 2 N–H and O–H groups in total. The highest BCUT2D eigenvalue weighted by molar-refractivity contribution is 6.10. The van der Waals surface area contributed by atoms with Gasteiger partial charge in [0.15, 0.2) is 11.6 Å². The van der Waals surface area contributed by atoms with Crippen LogP contribution in [-0.4, -0.2) is 18.7 Å². The predicted octanol–water partition coefficient (Wildman–Crippen LogP) is 6.15. The van der Waals surface area contributed by atoms with Gasteiger partial charge in [-0.2, -0.15) is 0 Å². The Bertz CT molecular complexity index is 1290. The number of fused-ring (bicyclic) bond motifs is 1. The van der Waals surface area contributed by atoms with Crippen molar-refractivity contribution in [1.82, 2.24) is 0 Å². The number of anilines is 2. The Labute approximate surface area is 199 Å². The molecule has 5 heteroatoms. The highest BCUT2D eigenvalue weighted by Crippen LogP contribution is 2.45. The minimum atomic E-state index is -0.297. The molecule has 5 rings (SSSR count). The van der Waals surface area contributed by atoms with E-state index < -0.39 is 0 Å². The van der Waals surface area contributed by atoms with Crippen LogP contribution in [0.4, 0.5) is 11.4 Å². The second-order valence-corrected chi connectivity index (χ2v) is 9.76. The van der Waals surface area contributed by atoms with Gasteiger partial charge in [0.2, 0.25) is 0 Å². The summed E-state index contributed by atoms with van der Waals surface area (Å²) in [5.41, 5.74) is 5.42. The van der Waals surface area contributed by atoms with Crippen molar-refractivity contribution in [3.05, 3.63) is 101 Å². The highest BCUT2D eigenvalue weighted by Gasteiger charge is 2.38. The number of benzene rings is 3. The SMILES string of the molecule is COc1ccc([C@@H]2Nc3ccc(C(=O)c4ccccc4)cc3NC3=C2C(=O)CC(C)(C)C3)cc1. The molecule has 1 aliphatic carbocycles. The molecular formula is C29H28N2O3. The van der Waals surface area contributed by atoms with Gasteiger partial charge in [-0.1, -0.05) is 56.3 Å². The molecule has 0 radical (unpaired) electrons. The molecule has 0 aromatic heterocycles. The Morgan fingerprint density at radius 1 is 0.912 bits per heavy atom. The summed E-state index contributed by atoms with van der Waals surface area (Å²) in [6, 6.07) is 22.4. The molecule has 5 nitrogen and oxygen atoms in total. The maximum Gasteiger partial charge on any atom is 0.193 e. The lowest BCUT2D eigenvalue weighted by Crippen LogP contribution is -2.31. The molecule has 0 fully saturated rings. The van der Waals surface area contributed by atoms with Crippen LogP contribution >= 0.6 is 0 Å². The summed E-state index contributed by atoms with van der Waals surface area (Å²) in [4.78, 5) is 26.5. The number of rotatable bonds is 4. The van der Waals surface area contributed by atoms with Gasteiger partial charge in [0.05, 0.1) is 24.5 Å². The first-order chi connectivity index (χ1) is 16.3. The van der Waals surface area contributed by atoms with Gasteiger partial charge in [0.25, 0.3) is 0 Å². The lowest BCUT2D eigenvalue weighted by molar-refractivity contribution is -0.118. The largest absolute Gasteiger partial charge is 0.497 e. The summed E-state index contributed by atoms with van der Waals surface area (Å²) in [5, 5.41) is 7.12. The number of Topliss-reactive ketones (excluding diaryl/α,β-unsaturated/α-hetero) is 1. The quantitative estimate of drug-likeness (QED) is 0.465. The lowest BCUT2D eigenvalue weighted by atomic mass is 9.73. The van der Waals surface area contributed by atoms with Crippen molar-refractivity contribution in [3.63, 3.8) is 0 Å². The molecule has 1 heterocycles. The van der Waals surface area contributed by atoms with E-state index in [1.807, 2.05) is 72.8 Å². The molecule has 0 saturated heterocycles. The van der Waals surface area contributed by atoms with E-state index in [9.17, 15) is 9.59 Å². The van der Waals surface area contributed by atoms with Gasteiger partial charge < -0.3 is 15.4 Å². The molecule has 0 unspecified atom stereocenters. The van der Waals surface area contributed by atoms with Gasteiger partial charge in [-0.15, -0.1) is 0 Å². The number of carbonyl (C=O) groups excluding carboxylic acids is 2. The van der Waals surface area contributed by atoms with E-state index in [2.05, 4.69) is 24.5 Å². The predicted molar refractivity (Wildman–Crippen MR) is 134 cm³/mol. The van der Waals surface area contributed by atoms with Crippen LogP contribution in [0, 0.1) is 5.41 Å². The summed E-state index contributed by atoms with van der Waals surface area (Å²) in [6.45, 7) is 4.24. The number of ketones is 2. The van der Waals surface area contributed by atoms with E-state index in [4.69, 9.17) is 4.74 Å². The monoisotopic (exact) mass is 452 g/mol. The summed E-state index contributed by atoms with van der Waals surface area (Å²) in [6.07, 6.45) is 1.24. The fourth-order valence-electron chi connectivity index (χ4n) is 4.89. The smallest absolute Gasteiger partial charge is 0.193 e. The molecule has 2 aliphatic rings. The van der Waals surface area contributed by atoms with Gasteiger partial charge in [-0.3, -0.25) is 9.59 Å². The van der Waals surface area contributed by atoms with E-state index >= 15 is 0 Å². The Morgan fingerprint density at radius 3 is 2.35 bits per heavy atom. The van der Waals surface area contributed by atoms with Crippen molar-refractivity contribution in [2.45, 2.75) is 32.7 Å². The second-order valence-electron chi connectivity index (χ2n) is 9.76. The van der Waals surface area contributed by atoms with E-state index in [1.165, 1.54) is 0 Å². The van der Waals surface area contributed by atoms with Crippen molar-refractivity contribution in [2.24, 2.45) is 5.41 Å². The van der Waals surface area contributed by atoms with Gasteiger partial charge in [0.1, 0.15) is 5.75 Å². The molecule has 0 spiro atoms. The molecule has 0 bridgehead atoms. The van der Waals surface area contributed by atoms with Crippen LogP contribution in [0.1, 0.15) is 54.2 Å². The lowest BCUT2D eigenvalue weighted by Gasteiger charge is -2.34. The van der Waals surface area contributed by atoms with Crippen molar-refractivity contribution in [3.8, 4) is 5.75 Å². The Hall–Kier alpha value is -3.86. The number of methoxy groups -OCH3 is 1. The fraction of sp³-hybridized carbons (Fsp3) is 0.241. The normalized spacial score (nSPS) is 18.7. The van der Waals surface area contributed by atoms with E-state index in [0.717, 1.165) is 40.4 Å². The molecule has 0 saturated carbocycles. The minimum absolute atomic E-state index is 0.0320. The van der Waals surface area contributed by atoms with Crippen LogP contribution in [0.3, 0.4) is 0 Å². The van der Waals surface area contributed by atoms with Crippen LogP contribution in [0.25, 0.3) is 0 Å². The molecular weight excluding hydrogens is 424 g/mol. The van der Waals surface area contributed by atoms with Crippen LogP contribution in [0.15, 0.2) is 84.1 Å². The number of hydrogen-bond donors (Lipinski definition) is 2. The zero-order valence-corrected chi connectivity index (χ0v) is 19.6. The van der Waals surface area contributed by atoms with E-state index in [0.29, 0.717) is 17.5 Å². The first-order valence-electron chi connectivity index (χ1n) is 11.5. The summed E-state index contributed by atoms with van der Waals surface area (Å²) < 4.78 is 5.32. The van der Waals surface area contributed by atoms with Crippen molar-refractivity contribution in [2.75, 3.05) is 17.7 Å². The standard InChI is InChI=1S/C29H28N2O3/c1-29(2)16-24-26(25(32)17-29)27(18-9-12-21(34-3)13-10-18)31-22-14-11-20(15-23(22)30-24)28(33)19-7-5-4-6-8-19/h4-15,27,30-31H,16-17H2,1-3H3/t27-/m0/s1. The highest BCUT2D eigenvalue weighted by atomic mass is 16.5. The van der Waals surface area contributed by atoms with Crippen LogP contribution < -0.4 is 15.4 Å². The summed E-state index contributed by atoms with van der Waals surface area (Å²) in [7, 11) is 1.64. The van der Waals surface area contributed by atoms with E-state index in [1.54, 1.807) is 7.11 Å². The summed E-state index contributed by atoms with van der Waals surface area (Å²) in [5.74, 6) is 0.876. The van der Waals surface area contributed by atoms with Crippen LogP contribution in [0.2, 0.25) is 0 Å². The third kappa shape index (κ3) is 4.10. The van der Waals surface area contributed by atoms with Gasteiger partial charge >= 0.3 is 0 Å². The molecule has 0 amide bonds. The Balaban J connectivity index is 1.59. The molecule has 1 atom stereocenters. The van der Waals surface area contributed by atoms with Crippen molar-refractivity contribution in [1.29, 1.82) is 0 Å². The maximum atomic E-state index is 13.4. The fourth-order valence-corrected chi connectivity index (χ4v) is 4.89.